The number of benzene rings is 1. The summed E-state index contributed by atoms with van der Waals surface area (Å²) in [5.74, 6) is 0.725. The third kappa shape index (κ3) is 3.46. The van der Waals surface area contributed by atoms with Crippen LogP contribution in [0.1, 0.15) is 16.8 Å². The first-order valence-electron chi connectivity index (χ1n) is 5.90. The lowest BCUT2D eigenvalue weighted by Crippen LogP contribution is -2.30. The summed E-state index contributed by atoms with van der Waals surface area (Å²) in [5.41, 5.74) is 0.762. The maximum Gasteiger partial charge on any atom is 0.255 e. The third-order valence-corrected chi connectivity index (χ3v) is 3.86. The van der Waals surface area contributed by atoms with Crippen molar-refractivity contribution in [3.05, 3.63) is 34.3 Å². The van der Waals surface area contributed by atoms with Crippen LogP contribution in [0.5, 0.6) is 0 Å². The molecule has 1 N–H and O–H groups in total. The van der Waals surface area contributed by atoms with Crippen molar-refractivity contribution in [3.8, 4) is 0 Å². The number of likely N-dealkylation sites (tertiary alicyclic amines) is 1. The molecule has 1 heterocycles. The van der Waals surface area contributed by atoms with Crippen LogP contribution < -0.4 is 5.32 Å². The highest BCUT2D eigenvalue weighted by molar-refractivity contribution is 9.10. The molecule has 1 aliphatic heterocycles. The molecule has 2 rings (SSSR count). The highest BCUT2D eigenvalue weighted by atomic mass is 79.9. The van der Waals surface area contributed by atoms with E-state index < -0.39 is 0 Å². The van der Waals surface area contributed by atoms with Gasteiger partial charge < -0.3 is 10.2 Å². The zero-order chi connectivity index (χ0) is 12.3. The Bertz CT molecular complexity index is 414. The van der Waals surface area contributed by atoms with E-state index in [2.05, 4.69) is 21.2 Å². The fraction of sp³-hybridized carbons (Fsp3) is 0.462. The monoisotopic (exact) mass is 332 g/mol. The number of nitrogens with one attached hydrogen (secondary N) is 1. The Balaban J connectivity index is 0.00000162. The SMILES string of the molecule is CNCC1CCN(C(=O)c2ccccc2Br)C1.Cl. The molecule has 1 aromatic rings. The first-order valence-corrected chi connectivity index (χ1v) is 6.70. The Labute approximate surface area is 122 Å². The van der Waals surface area contributed by atoms with E-state index in [0.29, 0.717) is 5.92 Å². The van der Waals surface area contributed by atoms with E-state index in [4.69, 9.17) is 0 Å². The predicted octanol–water partition coefficient (Wildman–Crippen LogP) is 2.55. The van der Waals surface area contributed by atoms with Crippen molar-refractivity contribution < 1.29 is 4.79 Å². The summed E-state index contributed by atoms with van der Waals surface area (Å²) in [7, 11) is 1.96. The second-order valence-corrected chi connectivity index (χ2v) is 5.30. The normalized spacial score (nSPS) is 18.6. The highest BCUT2D eigenvalue weighted by Crippen LogP contribution is 2.22. The first-order chi connectivity index (χ1) is 8.22. The van der Waals surface area contributed by atoms with Gasteiger partial charge in [-0.15, -0.1) is 12.4 Å². The Morgan fingerprint density at radius 1 is 1.50 bits per heavy atom. The summed E-state index contributed by atoms with van der Waals surface area (Å²) in [4.78, 5) is 14.2. The highest BCUT2D eigenvalue weighted by Gasteiger charge is 2.27. The van der Waals surface area contributed by atoms with Gasteiger partial charge in [-0.25, -0.2) is 0 Å². The molecule has 5 heteroatoms. The number of nitrogens with zero attached hydrogens (tertiary/aromatic N) is 1. The average molecular weight is 334 g/mol. The molecule has 1 atom stereocenters. The quantitative estimate of drug-likeness (QED) is 0.922. The van der Waals surface area contributed by atoms with Crippen LogP contribution in [0.4, 0.5) is 0 Å². The van der Waals surface area contributed by atoms with Crippen LogP contribution in [0.25, 0.3) is 0 Å². The molecule has 0 bridgehead atoms. The number of amides is 1. The second-order valence-electron chi connectivity index (χ2n) is 4.44. The molecule has 0 saturated carbocycles. The van der Waals surface area contributed by atoms with Crippen LogP contribution >= 0.6 is 28.3 Å². The van der Waals surface area contributed by atoms with Gasteiger partial charge in [0.05, 0.1) is 5.56 Å². The van der Waals surface area contributed by atoms with Gasteiger partial charge in [0.1, 0.15) is 0 Å². The molecule has 3 nitrogen and oxygen atoms in total. The Morgan fingerprint density at radius 3 is 2.89 bits per heavy atom. The molecule has 1 saturated heterocycles. The lowest BCUT2D eigenvalue weighted by atomic mass is 10.1. The minimum Gasteiger partial charge on any atom is -0.338 e. The van der Waals surface area contributed by atoms with E-state index in [1.165, 1.54) is 0 Å². The summed E-state index contributed by atoms with van der Waals surface area (Å²) in [6.07, 6.45) is 1.09. The predicted molar refractivity (Wildman–Crippen MR) is 79.3 cm³/mol. The molecule has 0 spiro atoms. The molecular formula is C13H18BrClN2O. The lowest BCUT2D eigenvalue weighted by molar-refractivity contribution is 0.0786. The van der Waals surface area contributed by atoms with Gasteiger partial charge in [0.15, 0.2) is 0 Å². The minimum atomic E-state index is 0. The van der Waals surface area contributed by atoms with Gasteiger partial charge in [-0.1, -0.05) is 12.1 Å². The van der Waals surface area contributed by atoms with Crippen molar-refractivity contribution in [2.75, 3.05) is 26.7 Å². The van der Waals surface area contributed by atoms with Crippen LogP contribution in [0.2, 0.25) is 0 Å². The number of carbonyl (C=O) groups excluding carboxylic acids is 1. The number of halogens is 2. The van der Waals surface area contributed by atoms with Crippen LogP contribution in [-0.2, 0) is 0 Å². The zero-order valence-electron chi connectivity index (χ0n) is 10.4. The Hall–Kier alpha value is -0.580. The van der Waals surface area contributed by atoms with Crippen molar-refractivity contribution >= 4 is 34.2 Å². The van der Waals surface area contributed by atoms with Gasteiger partial charge in [0.25, 0.3) is 5.91 Å². The van der Waals surface area contributed by atoms with Crippen LogP contribution in [-0.4, -0.2) is 37.5 Å². The van der Waals surface area contributed by atoms with E-state index in [1.807, 2.05) is 36.2 Å². The smallest absolute Gasteiger partial charge is 0.255 e. The second kappa shape index (κ2) is 7.12. The molecule has 0 radical (unpaired) electrons. The molecule has 1 aliphatic rings. The topological polar surface area (TPSA) is 32.3 Å². The van der Waals surface area contributed by atoms with Crippen molar-refractivity contribution in [2.45, 2.75) is 6.42 Å². The average Bonchev–Trinajstić information content (AvgIpc) is 2.78. The molecule has 1 aromatic carbocycles. The van der Waals surface area contributed by atoms with Gasteiger partial charge in [0.2, 0.25) is 0 Å². The summed E-state index contributed by atoms with van der Waals surface area (Å²) in [6, 6.07) is 7.61. The standard InChI is InChI=1S/C13H17BrN2O.ClH/c1-15-8-10-6-7-16(9-10)13(17)11-4-2-3-5-12(11)14;/h2-5,10,15H,6-9H2,1H3;1H. The Morgan fingerprint density at radius 2 is 2.22 bits per heavy atom. The van der Waals surface area contributed by atoms with Crippen molar-refractivity contribution in [1.29, 1.82) is 0 Å². The van der Waals surface area contributed by atoms with E-state index in [9.17, 15) is 4.79 Å². The fourth-order valence-electron chi connectivity index (χ4n) is 2.28. The van der Waals surface area contributed by atoms with Crippen molar-refractivity contribution in [1.82, 2.24) is 10.2 Å². The fourth-order valence-corrected chi connectivity index (χ4v) is 2.73. The largest absolute Gasteiger partial charge is 0.338 e. The summed E-state index contributed by atoms with van der Waals surface area (Å²) < 4.78 is 0.877. The van der Waals surface area contributed by atoms with Crippen LogP contribution in [0.15, 0.2) is 28.7 Å². The van der Waals surface area contributed by atoms with Crippen LogP contribution in [0, 0.1) is 5.92 Å². The van der Waals surface area contributed by atoms with E-state index in [1.54, 1.807) is 0 Å². The summed E-state index contributed by atoms with van der Waals surface area (Å²) in [6.45, 7) is 2.72. The lowest BCUT2D eigenvalue weighted by Gasteiger charge is -2.17. The third-order valence-electron chi connectivity index (χ3n) is 3.17. The molecule has 1 unspecified atom stereocenters. The number of carbonyl (C=O) groups is 1. The van der Waals surface area contributed by atoms with Crippen LogP contribution in [0.3, 0.4) is 0 Å². The number of hydrogen-bond donors (Lipinski definition) is 1. The first kappa shape index (κ1) is 15.5. The zero-order valence-corrected chi connectivity index (χ0v) is 12.8. The molecule has 0 aliphatic carbocycles. The number of rotatable bonds is 3. The van der Waals surface area contributed by atoms with Gasteiger partial charge in [0, 0.05) is 17.6 Å². The van der Waals surface area contributed by atoms with E-state index in [0.717, 1.165) is 36.1 Å². The van der Waals surface area contributed by atoms with Crippen molar-refractivity contribution in [3.63, 3.8) is 0 Å². The van der Waals surface area contributed by atoms with Gasteiger partial charge in [-0.3, -0.25) is 4.79 Å². The van der Waals surface area contributed by atoms with Gasteiger partial charge in [-0.05, 0) is 54.0 Å². The summed E-state index contributed by atoms with van der Waals surface area (Å²) >= 11 is 3.43. The van der Waals surface area contributed by atoms with Gasteiger partial charge in [-0.2, -0.15) is 0 Å². The molecule has 1 amide bonds. The van der Waals surface area contributed by atoms with E-state index in [-0.39, 0.29) is 18.3 Å². The summed E-state index contributed by atoms with van der Waals surface area (Å²) in [5, 5.41) is 3.17. The Kier molecular flexibility index (Phi) is 6.12. The molecule has 100 valence electrons. The maximum atomic E-state index is 12.3. The molecular weight excluding hydrogens is 316 g/mol. The van der Waals surface area contributed by atoms with Gasteiger partial charge >= 0.3 is 0 Å². The van der Waals surface area contributed by atoms with Crippen molar-refractivity contribution in [2.24, 2.45) is 5.92 Å². The minimum absolute atomic E-state index is 0. The molecule has 18 heavy (non-hydrogen) atoms. The molecule has 1 fully saturated rings. The molecule has 0 aromatic heterocycles. The maximum absolute atomic E-state index is 12.3. The van der Waals surface area contributed by atoms with E-state index >= 15 is 0 Å². The number of hydrogen-bond acceptors (Lipinski definition) is 2.